The fourth-order valence-electron chi connectivity index (χ4n) is 3.21. The van der Waals surface area contributed by atoms with E-state index in [1.54, 1.807) is 29.2 Å². The molecule has 9 heteroatoms. The van der Waals surface area contributed by atoms with Crippen molar-refractivity contribution in [1.29, 1.82) is 0 Å². The van der Waals surface area contributed by atoms with Gasteiger partial charge in [-0.15, -0.1) is 0 Å². The number of piperidine rings is 1. The molecule has 1 saturated heterocycles. The van der Waals surface area contributed by atoms with Crippen LogP contribution >= 0.6 is 0 Å². The highest BCUT2D eigenvalue weighted by Crippen LogP contribution is 2.22. The van der Waals surface area contributed by atoms with Gasteiger partial charge in [0.2, 0.25) is 0 Å². The third-order valence-corrected chi connectivity index (χ3v) is 4.69. The van der Waals surface area contributed by atoms with Crippen LogP contribution in [0.4, 0.5) is 11.4 Å². The Balaban J connectivity index is 1.89. The fraction of sp³-hybridized carbons (Fsp3) is 0.250. The van der Waals surface area contributed by atoms with Crippen molar-refractivity contribution < 1.29 is 24.4 Å². The number of para-hydroxylation sites is 1. The lowest BCUT2D eigenvalue weighted by atomic mass is 10.1. The number of rotatable bonds is 5. The van der Waals surface area contributed by atoms with E-state index in [0.717, 1.165) is 37.5 Å². The lowest BCUT2D eigenvalue weighted by Crippen LogP contribution is -2.36. The van der Waals surface area contributed by atoms with Crippen molar-refractivity contribution in [3.63, 3.8) is 0 Å². The Morgan fingerprint density at radius 1 is 1.00 bits per heavy atom. The summed E-state index contributed by atoms with van der Waals surface area (Å²) in [5.41, 5.74) is -0.491. The fourth-order valence-corrected chi connectivity index (χ4v) is 3.21. The lowest BCUT2D eigenvalue weighted by molar-refractivity contribution is -0.384. The number of amides is 2. The maximum Gasteiger partial charge on any atom is 0.335 e. The molecule has 0 radical (unpaired) electrons. The van der Waals surface area contributed by atoms with Crippen molar-refractivity contribution in [3.05, 3.63) is 69.3 Å². The lowest BCUT2D eigenvalue weighted by Gasteiger charge is -2.27. The van der Waals surface area contributed by atoms with Gasteiger partial charge in [0, 0.05) is 30.8 Å². The molecule has 2 amide bonds. The van der Waals surface area contributed by atoms with Crippen LogP contribution in [-0.4, -0.2) is 45.8 Å². The average Bonchev–Trinajstić information content (AvgIpc) is 2.73. The number of hydrogen-bond acceptors (Lipinski definition) is 5. The zero-order valence-electron chi connectivity index (χ0n) is 15.5. The highest BCUT2D eigenvalue weighted by Gasteiger charge is 2.22. The first-order valence-electron chi connectivity index (χ1n) is 9.09. The van der Waals surface area contributed by atoms with Gasteiger partial charge in [0.05, 0.1) is 21.7 Å². The van der Waals surface area contributed by atoms with Crippen LogP contribution in [0, 0.1) is 10.1 Å². The first-order valence-corrected chi connectivity index (χ1v) is 9.09. The van der Waals surface area contributed by atoms with Crippen LogP contribution in [0.2, 0.25) is 0 Å². The molecule has 0 atom stereocenters. The third-order valence-electron chi connectivity index (χ3n) is 4.69. The Labute approximate surface area is 166 Å². The van der Waals surface area contributed by atoms with Gasteiger partial charge in [0.25, 0.3) is 17.5 Å². The zero-order valence-corrected chi connectivity index (χ0v) is 15.5. The topological polar surface area (TPSA) is 130 Å². The standard InChI is InChI=1S/C20H19N3O6/c24-18(13-10-14(20(26)27)12-15(11-13)23(28)29)21-17-7-3-2-6-16(17)19(25)22-8-4-1-5-9-22/h2-3,6-7,10-12H,1,4-5,8-9H2,(H,21,24)(H,26,27). The third kappa shape index (κ3) is 4.57. The molecule has 2 N–H and O–H groups in total. The minimum atomic E-state index is -1.39. The summed E-state index contributed by atoms with van der Waals surface area (Å²) in [6.07, 6.45) is 2.92. The Morgan fingerprint density at radius 2 is 1.66 bits per heavy atom. The molecule has 1 aliphatic rings. The molecular formula is C20H19N3O6. The number of nitro benzene ring substituents is 1. The summed E-state index contributed by atoms with van der Waals surface area (Å²) in [6.45, 7) is 1.29. The molecule has 1 heterocycles. The van der Waals surface area contributed by atoms with Crippen molar-refractivity contribution in [2.45, 2.75) is 19.3 Å². The number of carbonyl (C=O) groups excluding carboxylic acids is 2. The van der Waals surface area contributed by atoms with Crippen molar-refractivity contribution in [1.82, 2.24) is 4.90 Å². The molecule has 0 aliphatic carbocycles. The van der Waals surface area contributed by atoms with E-state index in [1.807, 2.05) is 0 Å². The molecule has 2 aromatic carbocycles. The van der Waals surface area contributed by atoms with Crippen molar-refractivity contribution >= 4 is 29.2 Å². The maximum atomic E-state index is 12.8. The highest BCUT2D eigenvalue weighted by atomic mass is 16.6. The summed E-state index contributed by atoms with van der Waals surface area (Å²) in [5.74, 6) is -2.33. The second-order valence-electron chi connectivity index (χ2n) is 6.68. The predicted octanol–water partition coefficient (Wildman–Crippen LogP) is 3.17. The van der Waals surface area contributed by atoms with Crippen LogP contribution < -0.4 is 5.32 Å². The van der Waals surface area contributed by atoms with E-state index in [1.165, 1.54) is 0 Å². The number of likely N-dealkylation sites (tertiary alicyclic amines) is 1. The monoisotopic (exact) mass is 397 g/mol. The Bertz CT molecular complexity index is 950. The first-order chi connectivity index (χ1) is 13.9. The molecule has 0 aromatic heterocycles. The summed E-state index contributed by atoms with van der Waals surface area (Å²) in [6, 6.07) is 9.43. The summed E-state index contributed by atoms with van der Waals surface area (Å²) in [4.78, 5) is 48.7. The van der Waals surface area contributed by atoms with Gasteiger partial charge in [-0.3, -0.25) is 19.7 Å². The second kappa shape index (κ2) is 8.51. The maximum absolute atomic E-state index is 12.8. The van der Waals surface area contributed by atoms with E-state index in [-0.39, 0.29) is 22.7 Å². The van der Waals surface area contributed by atoms with Crippen LogP contribution in [0.5, 0.6) is 0 Å². The van der Waals surface area contributed by atoms with Gasteiger partial charge in [0.15, 0.2) is 0 Å². The van der Waals surface area contributed by atoms with Gasteiger partial charge < -0.3 is 15.3 Å². The number of nitrogens with zero attached hydrogens (tertiary/aromatic N) is 2. The smallest absolute Gasteiger partial charge is 0.335 e. The number of benzene rings is 2. The molecular weight excluding hydrogens is 378 g/mol. The number of non-ortho nitro benzene ring substituents is 1. The number of carbonyl (C=O) groups is 3. The first kappa shape index (κ1) is 20.0. The molecule has 0 saturated carbocycles. The van der Waals surface area contributed by atoms with E-state index in [9.17, 15) is 24.5 Å². The van der Waals surface area contributed by atoms with Crippen LogP contribution in [0.1, 0.15) is 50.3 Å². The minimum Gasteiger partial charge on any atom is -0.478 e. The molecule has 9 nitrogen and oxygen atoms in total. The van der Waals surface area contributed by atoms with Gasteiger partial charge in [-0.05, 0) is 37.5 Å². The molecule has 150 valence electrons. The van der Waals surface area contributed by atoms with Gasteiger partial charge in [-0.25, -0.2) is 4.79 Å². The van der Waals surface area contributed by atoms with E-state index >= 15 is 0 Å². The number of aromatic carboxylic acids is 1. The zero-order chi connectivity index (χ0) is 21.0. The molecule has 0 unspecified atom stereocenters. The number of nitro groups is 1. The summed E-state index contributed by atoms with van der Waals surface area (Å²) in [5, 5.41) is 22.8. The number of hydrogen-bond donors (Lipinski definition) is 2. The number of carboxylic acid groups (broad SMARTS) is 1. The molecule has 29 heavy (non-hydrogen) atoms. The summed E-state index contributed by atoms with van der Waals surface area (Å²) in [7, 11) is 0. The Morgan fingerprint density at radius 3 is 2.31 bits per heavy atom. The van der Waals surface area contributed by atoms with E-state index in [4.69, 9.17) is 5.11 Å². The summed E-state index contributed by atoms with van der Waals surface area (Å²) < 4.78 is 0. The average molecular weight is 397 g/mol. The number of anilines is 1. The van der Waals surface area contributed by atoms with Gasteiger partial charge in [-0.1, -0.05) is 12.1 Å². The van der Waals surface area contributed by atoms with E-state index in [2.05, 4.69) is 5.32 Å². The summed E-state index contributed by atoms with van der Waals surface area (Å²) >= 11 is 0. The molecule has 3 rings (SSSR count). The van der Waals surface area contributed by atoms with Crippen molar-refractivity contribution in [2.24, 2.45) is 0 Å². The predicted molar refractivity (Wildman–Crippen MR) is 104 cm³/mol. The number of nitrogens with one attached hydrogen (secondary N) is 1. The molecule has 2 aromatic rings. The highest BCUT2D eigenvalue weighted by molar-refractivity contribution is 6.10. The van der Waals surface area contributed by atoms with Crippen LogP contribution in [0.15, 0.2) is 42.5 Å². The van der Waals surface area contributed by atoms with Gasteiger partial charge in [-0.2, -0.15) is 0 Å². The molecule has 1 aliphatic heterocycles. The Hall–Kier alpha value is -3.75. The van der Waals surface area contributed by atoms with Gasteiger partial charge >= 0.3 is 5.97 Å². The second-order valence-corrected chi connectivity index (χ2v) is 6.68. The largest absolute Gasteiger partial charge is 0.478 e. The van der Waals surface area contributed by atoms with Crippen molar-refractivity contribution in [3.8, 4) is 0 Å². The quantitative estimate of drug-likeness (QED) is 0.589. The van der Waals surface area contributed by atoms with E-state index in [0.29, 0.717) is 18.7 Å². The minimum absolute atomic E-state index is 0.183. The van der Waals surface area contributed by atoms with Crippen LogP contribution in [-0.2, 0) is 0 Å². The van der Waals surface area contributed by atoms with E-state index < -0.39 is 22.5 Å². The number of carboxylic acids is 1. The Kier molecular flexibility index (Phi) is 5.87. The molecule has 1 fully saturated rings. The van der Waals surface area contributed by atoms with Crippen LogP contribution in [0.3, 0.4) is 0 Å². The molecule has 0 spiro atoms. The van der Waals surface area contributed by atoms with Crippen LogP contribution in [0.25, 0.3) is 0 Å². The van der Waals surface area contributed by atoms with Gasteiger partial charge in [0.1, 0.15) is 0 Å². The SMILES string of the molecule is O=C(O)c1cc(C(=O)Nc2ccccc2C(=O)N2CCCCC2)cc([N+](=O)[O-])c1. The normalized spacial score (nSPS) is 13.6. The van der Waals surface area contributed by atoms with Crippen molar-refractivity contribution in [2.75, 3.05) is 18.4 Å². The molecule has 0 bridgehead atoms.